The number of amides is 1. The summed E-state index contributed by atoms with van der Waals surface area (Å²) in [6, 6.07) is 0. The Hall–Kier alpha value is -2.11. The highest BCUT2D eigenvalue weighted by molar-refractivity contribution is 6.04. The monoisotopic (exact) mass is 232 g/mol. The molecule has 0 aromatic carbocycles. The molecule has 2 aromatic heterocycles. The first-order valence-electron chi connectivity index (χ1n) is 5.40. The van der Waals surface area contributed by atoms with Gasteiger partial charge in [-0.15, -0.1) is 0 Å². The zero-order chi connectivity index (χ0) is 12.0. The van der Waals surface area contributed by atoms with Crippen LogP contribution in [0.4, 0.5) is 5.95 Å². The molecule has 0 unspecified atom stereocenters. The molecule has 6 heteroatoms. The third kappa shape index (κ3) is 1.71. The van der Waals surface area contributed by atoms with E-state index in [1.54, 1.807) is 6.20 Å². The van der Waals surface area contributed by atoms with Crippen LogP contribution in [0.1, 0.15) is 30.1 Å². The molecule has 0 spiro atoms. The normalized spacial score (nSPS) is 17.0. The highest BCUT2D eigenvalue weighted by atomic mass is 16.3. The Morgan fingerprint density at radius 3 is 3.00 bits per heavy atom. The Balaban J connectivity index is 1.99. The summed E-state index contributed by atoms with van der Waals surface area (Å²) in [7, 11) is 0. The summed E-state index contributed by atoms with van der Waals surface area (Å²) in [5.74, 6) is -0.0231. The predicted molar refractivity (Wildman–Crippen MR) is 61.6 cm³/mol. The lowest BCUT2D eigenvalue weighted by Gasteiger charge is -2.09. The van der Waals surface area contributed by atoms with E-state index >= 15 is 0 Å². The van der Waals surface area contributed by atoms with Gasteiger partial charge in [-0.25, -0.2) is 4.98 Å². The number of primary amides is 1. The van der Waals surface area contributed by atoms with E-state index in [2.05, 4.69) is 22.2 Å². The van der Waals surface area contributed by atoms with E-state index in [0.29, 0.717) is 22.6 Å². The molecule has 88 valence electrons. The SMILES string of the molecule is CC1(Nc2ncc3c(C(N)=O)coc3n2)CC1. The summed E-state index contributed by atoms with van der Waals surface area (Å²) in [6.45, 7) is 2.11. The summed E-state index contributed by atoms with van der Waals surface area (Å²) in [5, 5.41) is 3.77. The average Bonchev–Trinajstić information content (AvgIpc) is 2.85. The molecule has 1 amide bonds. The maximum absolute atomic E-state index is 11.1. The summed E-state index contributed by atoms with van der Waals surface area (Å²) < 4.78 is 5.19. The van der Waals surface area contributed by atoms with Gasteiger partial charge in [0.1, 0.15) is 6.26 Å². The summed E-state index contributed by atoms with van der Waals surface area (Å²) >= 11 is 0. The Labute approximate surface area is 97.2 Å². The molecule has 17 heavy (non-hydrogen) atoms. The van der Waals surface area contributed by atoms with E-state index < -0.39 is 5.91 Å². The van der Waals surface area contributed by atoms with Crippen LogP contribution >= 0.6 is 0 Å². The fraction of sp³-hybridized carbons (Fsp3) is 0.364. The molecule has 3 N–H and O–H groups in total. The number of carbonyl (C=O) groups is 1. The second-order valence-corrected chi connectivity index (χ2v) is 4.61. The number of nitrogens with one attached hydrogen (secondary N) is 1. The fourth-order valence-corrected chi connectivity index (χ4v) is 1.65. The molecule has 0 atom stereocenters. The Morgan fingerprint density at radius 1 is 1.59 bits per heavy atom. The molecule has 1 fully saturated rings. The van der Waals surface area contributed by atoms with Crippen LogP contribution in [-0.4, -0.2) is 21.4 Å². The van der Waals surface area contributed by atoms with Crippen LogP contribution in [-0.2, 0) is 0 Å². The number of hydrogen-bond donors (Lipinski definition) is 2. The molecule has 0 aliphatic heterocycles. The Kier molecular flexibility index (Phi) is 1.89. The van der Waals surface area contributed by atoms with E-state index in [1.807, 2.05) is 0 Å². The van der Waals surface area contributed by atoms with Gasteiger partial charge in [-0.3, -0.25) is 4.79 Å². The van der Waals surface area contributed by atoms with Crippen LogP contribution in [0.5, 0.6) is 0 Å². The molecule has 1 aliphatic rings. The van der Waals surface area contributed by atoms with Crippen molar-refractivity contribution in [3.63, 3.8) is 0 Å². The number of furan rings is 1. The molecular weight excluding hydrogens is 220 g/mol. The Bertz CT molecular complexity index is 601. The second-order valence-electron chi connectivity index (χ2n) is 4.61. The van der Waals surface area contributed by atoms with Gasteiger partial charge < -0.3 is 15.5 Å². The van der Waals surface area contributed by atoms with Crippen molar-refractivity contribution in [3.05, 3.63) is 18.0 Å². The molecule has 2 aromatic rings. The molecule has 2 heterocycles. The number of carbonyl (C=O) groups excluding carboxylic acids is 1. The maximum Gasteiger partial charge on any atom is 0.252 e. The summed E-state index contributed by atoms with van der Waals surface area (Å²) in [5.41, 5.74) is 5.99. The highest BCUT2D eigenvalue weighted by Crippen LogP contribution is 2.37. The Morgan fingerprint density at radius 2 is 2.35 bits per heavy atom. The number of rotatable bonds is 3. The number of fused-ring (bicyclic) bond motifs is 1. The van der Waals surface area contributed by atoms with Crippen molar-refractivity contribution in [1.82, 2.24) is 9.97 Å². The first-order chi connectivity index (χ1) is 8.07. The van der Waals surface area contributed by atoms with Gasteiger partial charge in [0.2, 0.25) is 11.7 Å². The van der Waals surface area contributed by atoms with Gasteiger partial charge in [-0.1, -0.05) is 0 Å². The van der Waals surface area contributed by atoms with Crippen LogP contribution in [0.25, 0.3) is 11.1 Å². The van der Waals surface area contributed by atoms with E-state index in [9.17, 15) is 4.79 Å². The largest absolute Gasteiger partial charge is 0.445 e. The lowest BCUT2D eigenvalue weighted by Crippen LogP contribution is -2.17. The minimum atomic E-state index is -0.540. The molecule has 6 nitrogen and oxygen atoms in total. The molecule has 0 bridgehead atoms. The van der Waals surface area contributed by atoms with Crippen LogP contribution in [0.2, 0.25) is 0 Å². The third-order valence-electron chi connectivity index (χ3n) is 3.01. The zero-order valence-electron chi connectivity index (χ0n) is 9.36. The fourth-order valence-electron chi connectivity index (χ4n) is 1.65. The molecule has 1 saturated carbocycles. The molecule has 3 rings (SSSR count). The second kappa shape index (κ2) is 3.19. The van der Waals surface area contributed by atoms with E-state index in [0.717, 1.165) is 12.8 Å². The first kappa shape index (κ1) is 10.1. The molecular formula is C11H12N4O2. The van der Waals surface area contributed by atoms with Crippen molar-refractivity contribution in [3.8, 4) is 0 Å². The van der Waals surface area contributed by atoms with Crippen LogP contribution in [0.3, 0.4) is 0 Å². The van der Waals surface area contributed by atoms with Crippen molar-refractivity contribution < 1.29 is 9.21 Å². The lowest BCUT2D eigenvalue weighted by molar-refractivity contribution is 0.100. The number of nitrogens with zero attached hydrogens (tertiary/aromatic N) is 2. The minimum Gasteiger partial charge on any atom is -0.445 e. The minimum absolute atomic E-state index is 0.104. The van der Waals surface area contributed by atoms with Gasteiger partial charge in [-0.2, -0.15) is 4.98 Å². The molecule has 0 radical (unpaired) electrons. The van der Waals surface area contributed by atoms with Gasteiger partial charge in [0.05, 0.1) is 10.9 Å². The maximum atomic E-state index is 11.1. The van der Waals surface area contributed by atoms with Gasteiger partial charge >= 0.3 is 0 Å². The number of nitrogens with two attached hydrogens (primary N) is 1. The first-order valence-corrected chi connectivity index (χ1v) is 5.40. The summed E-state index contributed by atoms with van der Waals surface area (Å²) in [6.07, 6.45) is 5.09. The predicted octanol–water partition coefficient (Wildman–Crippen LogP) is 1.29. The van der Waals surface area contributed by atoms with E-state index in [1.165, 1.54) is 6.26 Å². The van der Waals surface area contributed by atoms with Crippen LogP contribution < -0.4 is 11.1 Å². The lowest BCUT2D eigenvalue weighted by atomic mass is 10.2. The number of aromatic nitrogens is 2. The standard InChI is InChI=1S/C11H12N4O2/c1-11(2-3-11)15-10-13-4-6-7(8(12)16)5-17-9(6)14-10/h4-5H,2-3H2,1H3,(H2,12,16)(H,13,14,15). The zero-order valence-corrected chi connectivity index (χ0v) is 9.36. The van der Waals surface area contributed by atoms with Crippen LogP contribution in [0.15, 0.2) is 16.9 Å². The van der Waals surface area contributed by atoms with Crippen molar-refractivity contribution in [1.29, 1.82) is 0 Å². The van der Waals surface area contributed by atoms with Gasteiger partial charge in [-0.05, 0) is 19.8 Å². The highest BCUT2D eigenvalue weighted by Gasteiger charge is 2.37. The van der Waals surface area contributed by atoms with Gasteiger partial charge in [0.15, 0.2) is 0 Å². The average molecular weight is 232 g/mol. The van der Waals surface area contributed by atoms with Gasteiger partial charge in [0, 0.05) is 11.7 Å². The summed E-state index contributed by atoms with van der Waals surface area (Å²) in [4.78, 5) is 19.5. The van der Waals surface area contributed by atoms with Gasteiger partial charge in [0.25, 0.3) is 5.91 Å². The quantitative estimate of drug-likeness (QED) is 0.831. The number of hydrogen-bond acceptors (Lipinski definition) is 5. The van der Waals surface area contributed by atoms with Crippen molar-refractivity contribution in [2.75, 3.05) is 5.32 Å². The third-order valence-corrected chi connectivity index (χ3v) is 3.01. The van der Waals surface area contributed by atoms with Crippen LogP contribution in [0, 0.1) is 0 Å². The van der Waals surface area contributed by atoms with E-state index in [4.69, 9.17) is 10.2 Å². The topological polar surface area (TPSA) is 94.0 Å². The number of anilines is 1. The van der Waals surface area contributed by atoms with E-state index in [-0.39, 0.29) is 5.54 Å². The van der Waals surface area contributed by atoms with Crippen molar-refractivity contribution in [2.24, 2.45) is 5.73 Å². The smallest absolute Gasteiger partial charge is 0.252 e. The van der Waals surface area contributed by atoms with Crippen molar-refractivity contribution >= 4 is 23.0 Å². The molecule has 1 aliphatic carbocycles. The molecule has 0 saturated heterocycles. The van der Waals surface area contributed by atoms with Crippen molar-refractivity contribution in [2.45, 2.75) is 25.3 Å².